The molecule has 3 fully saturated rings. The van der Waals surface area contributed by atoms with Gasteiger partial charge in [-0.15, -0.1) is 0 Å². The number of amides is 1. The second-order valence-electron chi connectivity index (χ2n) is 20.1. The Hall–Kier alpha value is -2.76. The number of benzene rings is 1. The molecular weight excluding hydrogens is 917 g/mol. The average Bonchev–Trinajstić information content (AvgIpc) is 3.31. The van der Waals surface area contributed by atoms with Crippen LogP contribution in [0.25, 0.3) is 0 Å². The summed E-state index contributed by atoms with van der Waals surface area (Å²) in [5.41, 5.74) is 2.90. The second kappa shape index (κ2) is 25.1. The highest BCUT2D eigenvalue weighted by molar-refractivity contribution is 6.39. The van der Waals surface area contributed by atoms with E-state index in [0.29, 0.717) is 72.5 Å². The number of halogens is 2. The first-order chi connectivity index (χ1) is 32.2. The minimum atomic E-state index is -2.53. The summed E-state index contributed by atoms with van der Waals surface area (Å²) in [6.45, 7) is 13.0. The Morgan fingerprint density at radius 3 is 2.19 bits per heavy atom. The fourth-order valence-electron chi connectivity index (χ4n) is 10.7. The molecule has 2 bridgehead atoms. The van der Waals surface area contributed by atoms with Crippen LogP contribution in [0.2, 0.25) is 10.0 Å². The number of Topliss-reactive ketones (excluding diaryl/α,β-unsaturated/α-hetero) is 2. The highest BCUT2D eigenvalue weighted by Crippen LogP contribution is 2.40. The van der Waals surface area contributed by atoms with Crippen LogP contribution in [-0.2, 0) is 47.6 Å². The molecule has 0 aromatic heterocycles. The van der Waals surface area contributed by atoms with E-state index < -0.39 is 83.9 Å². The van der Waals surface area contributed by atoms with Gasteiger partial charge in [-0.1, -0.05) is 68.6 Å². The number of cyclic esters (lactones) is 1. The van der Waals surface area contributed by atoms with Crippen LogP contribution in [0, 0.1) is 36.5 Å². The summed E-state index contributed by atoms with van der Waals surface area (Å²) in [6.07, 6.45) is 2.75. The van der Waals surface area contributed by atoms with E-state index in [9.17, 15) is 34.5 Å². The summed E-state index contributed by atoms with van der Waals surface area (Å²) in [5, 5.41) is 35.9. The molecule has 15 atom stereocenters. The smallest absolute Gasteiger partial charge is 0.329 e. The van der Waals surface area contributed by atoms with Crippen molar-refractivity contribution in [3.8, 4) is 0 Å². The van der Waals surface area contributed by atoms with Crippen molar-refractivity contribution in [3.05, 3.63) is 56.6 Å². The zero-order chi connectivity index (χ0) is 50.2. The fourth-order valence-corrected chi connectivity index (χ4v) is 11.2. The van der Waals surface area contributed by atoms with Crippen molar-refractivity contribution < 1.29 is 62.9 Å². The van der Waals surface area contributed by atoms with Crippen molar-refractivity contribution in [2.45, 2.75) is 180 Å². The zero-order valence-corrected chi connectivity index (χ0v) is 43.2. The van der Waals surface area contributed by atoms with Crippen LogP contribution in [0.15, 0.2) is 35.4 Å². The van der Waals surface area contributed by atoms with Crippen molar-refractivity contribution in [2.24, 2.45) is 29.6 Å². The van der Waals surface area contributed by atoms with Gasteiger partial charge >= 0.3 is 5.97 Å². The highest BCUT2D eigenvalue weighted by Gasteiger charge is 2.56. The first-order valence-electron chi connectivity index (χ1n) is 24.5. The average molecular weight is 995 g/mol. The highest BCUT2D eigenvalue weighted by atomic mass is 35.5. The number of hydrogen-bond donors (Lipinski definition) is 3. The van der Waals surface area contributed by atoms with Gasteiger partial charge in [0, 0.05) is 62.1 Å². The van der Waals surface area contributed by atoms with Gasteiger partial charge in [-0.25, -0.2) is 4.79 Å². The molecule has 1 amide bonds. The number of aliphatic hydroxyl groups is 3. The number of nitrogens with zero attached hydrogens (tertiary/aromatic N) is 1. The molecule has 2 saturated heterocycles. The van der Waals surface area contributed by atoms with Crippen LogP contribution >= 0.6 is 23.2 Å². The minimum absolute atomic E-state index is 0.00000543. The summed E-state index contributed by atoms with van der Waals surface area (Å²) in [6, 6.07) is 2.19. The third-order valence-electron chi connectivity index (χ3n) is 15.0. The molecule has 1 aliphatic carbocycles. The van der Waals surface area contributed by atoms with Gasteiger partial charge in [-0.2, -0.15) is 0 Å². The fraction of sp³-hybridized carbons (Fsp3) is 0.731. The van der Waals surface area contributed by atoms with E-state index in [1.165, 1.54) is 19.1 Å². The normalized spacial score (nSPS) is 36.0. The van der Waals surface area contributed by atoms with Gasteiger partial charge in [-0.3, -0.25) is 14.4 Å². The molecule has 382 valence electrons. The van der Waals surface area contributed by atoms with Crippen LogP contribution in [0.1, 0.15) is 129 Å². The molecule has 3 heterocycles. The number of esters is 1. The number of carbonyl (C=O) groups excluding carboxylic acids is 4. The summed E-state index contributed by atoms with van der Waals surface area (Å²) in [5.74, 6) is -7.77. The molecule has 4 aliphatic rings. The first kappa shape index (κ1) is 56.2. The van der Waals surface area contributed by atoms with E-state index in [2.05, 4.69) is 0 Å². The Morgan fingerprint density at radius 2 is 1.56 bits per heavy atom. The molecule has 0 radical (unpaired) electrons. The molecular formula is C52H77Cl2NO13. The Bertz CT molecular complexity index is 1950. The molecule has 3 aliphatic heterocycles. The van der Waals surface area contributed by atoms with E-state index in [-0.39, 0.29) is 62.2 Å². The van der Waals surface area contributed by atoms with Crippen molar-refractivity contribution in [3.63, 3.8) is 0 Å². The van der Waals surface area contributed by atoms with Gasteiger partial charge in [0.05, 0.1) is 37.1 Å². The van der Waals surface area contributed by atoms with Gasteiger partial charge < -0.3 is 48.6 Å². The van der Waals surface area contributed by atoms with Crippen LogP contribution in [0.5, 0.6) is 0 Å². The monoisotopic (exact) mass is 993 g/mol. The number of ketones is 2. The van der Waals surface area contributed by atoms with Crippen LogP contribution in [-0.4, -0.2) is 133 Å². The first-order valence-corrected chi connectivity index (χ1v) is 25.3. The number of hydrogen-bond acceptors (Lipinski definition) is 13. The van der Waals surface area contributed by atoms with Crippen LogP contribution < -0.4 is 0 Å². The molecule has 68 heavy (non-hydrogen) atoms. The molecule has 14 nitrogen and oxygen atoms in total. The Balaban J connectivity index is 1.44. The molecule has 1 saturated carbocycles. The number of carbonyl (C=O) groups is 4. The summed E-state index contributed by atoms with van der Waals surface area (Å²) < 4.78 is 36.6. The standard InChI is InChI=1S/C52H77Cl2NO13/c1-11-35-19-28(2)18-29(3)20-45(64-9)48-46(65-10)22-31(5)52(62,68-48)49(59)50(60)55-17-13-12-14-39(55)51(61)67-47(33(7)40(56)26-41(35)57)30(4)21-34-15-16-43(44(23-34)63-8)66-27-42(58)36-24-37(53)32(6)38(54)25-36/h19,21,24-25,29,31,33-35,39-40,42-48,56,58,62H,11-18,20,22-23,26-27H2,1-10H3. The van der Waals surface area contributed by atoms with Crippen molar-refractivity contribution in [2.75, 3.05) is 34.5 Å². The predicted octanol–water partition coefficient (Wildman–Crippen LogP) is 7.85. The number of fused-ring (bicyclic) bond motifs is 3. The maximum absolute atomic E-state index is 14.5. The van der Waals surface area contributed by atoms with Crippen molar-refractivity contribution in [1.29, 1.82) is 0 Å². The van der Waals surface area contributed by atoms with Crippen molar-refractivity contribution in [1.82, 2.24) is 4.90 Å². The van der Waals surface area contributed by atoms with Crippen molar-refractivity contribution >= 4 is 46.6 Å². The molecule has 1 aromatic rings. The van der Waals surface area contributed by atoms with E-state index in [4.69, 9.17) is 51.6 Å². The maximum Gasteiger partial charge on any atom is 0.329 e. The second-order valence-corrected chi connectivity index (χ2v) is 20.9. The number of piperidine rings is 1. The van der Waals surface area contributed by atoms with E-state index in [0.717, 1.165) is 11.1 Å². The Morgan fingerprint density at radius 1 is 0.912 bits per heavy atom. The SMILES string of the molecule is CCC1C=C(C)CC(C)CC(OC)C2OC(O)(C(=O)C(=O)N3CCCCC3C(=O)OC(C(C)=CC3CCC(OCC(O)c4cc(Cl)c(C)c(Cl)c4)C(OC)C3)C(C)C(O)CC1=O)C(C)CC2OC. The quantitative estimate of drug-likeness (QED) is 0.117. The zero-order valence-electron chi connectivity index (χ0n) is 41.7. The Kier molecular flexibility index (Phi) is 20.7. The lowest BCUT2D eigenvalue weighted by Crippen LogP contribution is -2.64. The Labute approximate surface area is 413 Å². The lowest BCUT2D eigenvalue weighted by Gasteiger charge is -2.47. The van der Waals surface area contributed by atoms with Gasteiger partial charge in [0.2, 0.25) is 5.79 Å². The minimum Gasteiger partial charge on any atom is -0.456 e. The third-order valence-corrected chi connectivity index (χ3v) is 15.8. The molecule has 0 spiro atoms. The molecule has 16 heteroatoms. The third kappa shape index (κ3) is 13.4. The summed E-state index contributed by atoms with van der Waals surface area (Å²) in [4.78, 5) is 58.5. The molecule has 5 rings (SSSR count). The predicted molar refractivity (Wildman–Crippen MR) is 258 cm³/mol. The molecule has 3 N–H and O–H groups in total. The number of aliphatic hydroxyl groups excluding tert-OH is 2. The van der Waals surface area contributed by atoms with E-state index in [1.807, 2.05) is 39.8 Å². The van der Waals surface area contributed by atoms with Crippen LogP contribution in [0.4, 0.5) is 0 Å². The summed E-state index contributed by atoms with van der Waals surface area (Å²) in [7, 11) is 4.67. The lowest BCUT2D eigenvalue weighted by atomic mass is 9.81. The van der Waals surface area contributed by atoms with Gasteiger partial charge in [0.15, 0.2) is 0 Å². The number of methoxy groups -OCH3 is 3. The van der Waals surface area contributed by atoms with Crippen LogP contribution in [0.3, 0.4) is 0 Å². The number of allylic oxidation sites excluding steroid dienone is 3. The number of rotatable bonds is 10. The molecule has 15 unspecified atom stereocenters. The number of ether oxygens (including phenoxy) is 6. The molecule has 1 aromatic carbocycles. The van der Waals surface area contributed by atoms with Gasteiger partial charge in [0.1, 0.15) is 30.1 Å². The summed E-state index contributed by atoms with van der Waals surface area (Å²) >= 11 is 12.7. The van der Waals surface area contributed by atoms with Gasteiger partial charge in [-0.05, 0) is 126 Å². The van der Waals surface area contributed by atoms with E-state index in [1.54, 1.807) is 40.0 Å². The maximum atomic E-state index is 14.5. The topological polar surface area (TPSA) is 188 Å². The van der Waals surface area contributed by atoms with Gasteiger partial charge in [0.25, 0.3) is 11.7 Å². The largest absolute Gasteiger partial charge is 0.456 e. The lowest BCUT2D eigenvalue weighted by molar-refractivity contribution is -0.302. The van der Waals surface area contributed by atoms with E-state index >= 15 is 0 Å².